The van der Waals surface area contributed by atoms with E-state index in [1.807, 2.05) is 4.90 Å². The molecule has 0 spiro atoms. The van der Waals surface area contributed by atoms with Crippen molar-refractivity contribution in [2.24, 2.45) is 11.8 Å². The molecular weight excluding hydrogens is 529 g/mol. The summed E-state index contributed by atoms with van der Waals surface area (Å²) in [5.74, 6) is -4.95. The lowest BCUT2D eigenvalue weighted by atomic mass is 9.94. The minimum atomic E-state index is -4.91. The van der Waals surface area contributed by atoms with Crippen molar-refractivity contribution in [3.8, 4) is 11.5 Å². The summed E-state index contributed by atoms with van der Waals surface area (Å²) in [5.41, 5.74) is 0.547. The molecule has 9 nitrogen and oxygen atoms in total. The molecule has 2 atom stereocenters. The van der Waals surface area contributed by atoms with Crippen LogP contribution in [0.5, 0.6) is 0 Å². The number of aliphatic carboxylic acids is 1. The van der Waals surface area contributed by atoms with E-state index in [9.17, 15) is 32.7 Å². The van der Waals surface area contributed by atoms with Crippen LogP contribution in [0.2, 0.25) is 0 Å². The van der Waals surface area contributed by atoms with E-state index in [-0.39, 0.29) is 17.5 Å². The molecule has 1 aliphatic heterocycles. The fourth-order valence-corrected chi connectivity index (χ4v) is 5.29. The third-order valence-corrected chi connectivity index (χ3v) is 7.35. The number of alkyl halides is 3. The number of carbonyl (C=O) groups is 3. The second kappa shape index (κ2) is 11.0. The first-order valence-electron chi connectivity index (χ1n) is 12.9. The molecule has 2 fully saturated rings. The second-order valence-electron chi connectivity index (χ2n) is 9.86. The highest BCUT2D eigenvalue weighted by Gasteiger charge is 2.42. The molecule has 210 valence electrons. The normalized spacial score (nSPS) is 19.5. The Balaban J connectivity index is 1.22. The van der Waals surface area contributed by atoms with Crippen LogP contribution in [0.25, 0.3) is 11.5 Å². The smallest absolute Gasteiger partial charge is 0.452 e. The van der Waals surface area contributed by atoms with E-state index in [4.69, 9.17) is 4.42 Å². The number of piperazine rings is 1. The molecule has 2 aliphatic rings. The number of aromatic nitrogens is 1. The number of benzene rings is 2. The predicted octanol–water partition coefficient (Wildman–Crippen LogP) is 4.76. The van der Waals surface area contributed by atoms with E-state index >= 15 is 0 Å². The maximum atomic E-state index is 13.6. The van der Waals surface area contributed by atoms with E-state index in [1.54, 1.807) is 47.4 Å². The van der Waals surface area contributed by atoms with Crippen molar-refractivity contribution >= 4 is 29.2 Å². The minimum Gasteiger partial charge on any atom is -0.481 e. The van der Waals surface area contributed by atoms with E-state index in [0.29, 0.717) is 44.6 Å². The lowest BCUT2D eigenvalue weighted by molar-refractivity contribution is -0.153. The number of hydrogen-bond acceptors (Lipinski definition) is 6. The number of hydrogen-bond donors (Lipinski definition) is 2. The van der Waals surface area contributed by atoms with Gasteiger partial charge in [-0.1, -0.05) is 24.6 Å². The minimum absolute atomic E-state index is 0.107. The highest BCUT2D eigenvalue weighted by molar-refractivity contribution is 6.04. The SMILES string of the molecule is O=C(Nc1ccc(N2CCN(C(=O)[C@H]3CCC[C@@H]3C(=O)O)CC2)cc1)c1nc(-c2ccccc2)oc1C(F)(F)F. The summed E-state index contributed by atoms with van der Waals surface area (Å²) in [7, 11) is 0. The molecule has 2 aromatic carbocycles. The van der Waals surface area contributed by atoms with Crippen LogP contribution < -0.4 is 10.2 Å². The van der Waals surface area contributed by atoms with Gasteiger partial charge in [-0.15, -0.1) is 0 Å². The average molecular weight is 557 g/mol. The zero-order valence-corrected chi connectivity index (χ0v) is 21.4. The molecule has 1 aromatic heterocycles. The van der Waals surface area contributed by atoms with E-state index in [0.717, 1.165) is 12.1 Å². The van der Waals surface area contributed by atoms with Crippen molar-refractivity contribution in [2.45, 2.75) is 25.4 Å². The molecule has 3 aromatic rings. The fourth-order valence-electron chi connectivity index (χ4n) is 5.29. The van der Waals surface area contributed by atoms with Gasteiger partial charge in [0.2, 0.25) is 17.6 Å². The molecule has 40 heavy (non-hydrogen) atoms. The number of nitrogens with zero attached hydrogens (tertiary/aromatic N) is 3. The monoisotopic (exact) mass is 556 g/mol. The van der Waals surface area contributed by atoms with E-state index < -0.39 is 41.3 Å². The second-order valence-corrected chi connectivity index (χ2v) is 9.86. The Morgan fingerprint density at radius 2 is 1.57 bits per heavy atom. The van der Waals surface area contributed by atoms with E-state index in [1.165, 1.54) is 12.1 Å². The number of oxazole rings is 1. The highest BCUT2D eigenvalue weighted by atomic mass is 19.4. The van der Waals surface area contributed by atoms with Crippen molar-refractivity contribution in [2.75, 3.05) is 36.4 Å². The van der Waals surface area contributed by atoms with Gasteiger partial charge in [-0.3, -0.25) is 14.4 Å². The van der Waals surface area contributed by atoms with Crippen LogP contribution in [-0.4, -0.2) is 59.0 Å². The van der Waals surface area contributed by atoms with Gasteiger partial charge in [-0.2, -0.15) is 13.2 Å². The van der Waals surface area contributed by atoms with Gasteiger partial charge in [0.1, 0.15) is 0 Å². The van der Waals surface area contributed by atoms with Crippen molar-refractivity contribution in [1.29, 1.82) is 0 Å². The molecule has 2 heterocycles. The predicted molar refractivity (Wildman–Crippen MR) is 139 cm³/mol. The van der Waals surface area contributed by atoms with Gasteiger partial charge in [0.05, 0.1) is 11.8 Å². The molecule has 1 saturated heterocycles. The van der Waals surface area contributed by atoms with Crippen molar-refractivity contribution in [1.82, 2.24) is 9.88 Å². The molecule has 0 bridgehead atoms. The number of halogens is 3. The first kappa shape index (κ1) is 27.2. The number of nitrogens with one attached hydrogen (secondary N) is 1. The Morgan fingerprint density at radius 3 is 2.20 bits per heavy atom. The van der Waals surface area contributed by atoms with Gasteiger partial charge in [-0.25, -0.2) is 4.98 Å². The fraction of sp³-hybridized carbons (Fsp3) is 0.357. The van der Waals surface area contributed by atoms with Gasteiger partial charge >= 0.3 is 12.1 Å². The number of anilines is 2. The molecule has 12 heteroatoms. The summed E-state index contributed by atoms with van der Waals surface area (Å²) in [6.07, 6.45) is -3.06. The molecule has 1 saturated carbocycles. The van der Waals surface area contributed by atoms with Gasteiger partial charge in [0.15, 0.2) is 5.69 Å². The molecule has 0 radical (unpaired) electrons. The summed E-state index contributed by atoms with van der Waals surface area (Å²) in [6, 6.07) is 14.6. The Labute approximate surface area is 227 Å². The standard InChI is InChI=1S/C28H27F3N4O5/c29-28(30,31)23-22(33-25(40-23)17-5-2-1-3-6-17)24(36)32-18-9-11-19(12-10-18)34-13-15-35(16-14-34)26(37)20-7-4-8-21(20)27(38)39/h1-3,5-6,9-12,20-21H,4,7-8,13-16H2,(H,32,36)(H,38,39)/t20-,21-/m0/s1. The van der Waals surface area contributed by atoms with Gasteiger partial charge in [0.25, 0.3) is 5.91 Å². The topological polar surface area (TPSA) is 116 Å². The zero-order valence-electron chi connectivity index (χ0n) is 21.4. The van der Waals surface area contributed by atoms with Crippen LogP contribution in [-0.2, 0) is 15.8 Å². The maximum absolute atomic E-state index is 13.6. The first-order chi connectivity index (χ1) is 19.1. The molecule has 2 amide bonds. The van der Waals surface area contributed by atoms with E-state index in [2.05, 4.69) is 10.3 Å². The quantitative estimate of drug-likeness (QED) is 0.450. The van der Waals surface area contributed by atoms with Crippen LogP contribution in [0, 0.1) is 11.8 Å². The largest absolute Gasteiger partial charge is 0.481 e. The summed E-state index contributed by atoms with van der Waals surface area (Å²) in [5, 5.41) is 11.8. The third-order valence-electron chi connectivity index (χ3n) is 7.35. The Morgan fingerprint density at radius 1 is 0.925 bits per heavy atom. The van der Waals surface area contributed by atoms with Crippen LogP contribution in [0.3, 0.4) is 0 Å². The maximum Gasteiger partial charge on any atom is 0.452 e. The molecule has 2 N–H and O–H groups in total. The highest BCUT2D eigenvalue weighted by Crippen LogP contribution is 2.36. The van der Waals surface area contributed by atoms with Crippen LogP contribution >= 0.6 is 0 Å². The van der Waals surface area contributed by atoms with Gasteiger partial charge in [0, 0.05) is 43.1 Å². The number of carboxylic acids is 1. The Bertz CT molecular complexity index is 1380. The lowest BCUT2D eigenvalue weighted by Crippen LogP contribution is -2.51. The van der Waals surface area contributed by atoms with Crippen LogP contribution in [0.4, 0.5) is 24.5 Å². The van der Waals surface area contributed by atoms with Crippen molar-refractivity contribution in [3.05, 3.63) is 66.1 Å². The summed E-state index contributed by atoms with van der Waals surface area (Å²) in [4.78, 5) is 44.7. The van der Waals surface area contributed by atoms with Crippen molar-refractivity contribution < 1.29 is 37.1 Å². The summed E-state index contributed by atoms with van der Waals surface area (Å²) >= 11 is 0. The third kappa shape index (κ3) is 5.65. The summed E-state index contributed by atoms with van der Waals surface area (Å²) in [6.45, 7) is 1.99. The number of amides is 2. The molecule has 1 aliphatic carbocycles. The molecule has 5 rings (SSSR count). The van der Waals surface area contributed by atoms with Crippen molar-refractivity contribution in [3.63, 3.8) is 0 Å². The molecular formula is C28H27F3N4O5. The molecule has 0 unspecified atom stereocenters. The summed E-state index contributed by atoms with van der Waals surface area (Å²) < 4.78 is 45.7. The first-order valence-corrected chi connectivity index (χ1v) is 12.9. The lowest BCUT2D eigenvalue weighted by Gasteiger charge is -2.37. The number of carboxylic acid groups (broad SMARTS) is 1. The zero-order chi connectivity index (χ0) is 28.4. The number of carbonyl (C=O) groups excluding carboxylic acids is 2. The van der Waals surface area contributed by atoms with Gasteiger partial charge in [-0.05, 0) is 49.2 Å². The average Bonchev–Trinajstić information content (AvgIpc) is 3.62. The van der Waals surface area contributed by atoms with Crippen LogP contribution in [0.15, 0.2) is 59.0 Å². The Hall–Kier alpha value is -4.35. The number of rotatable bonds is 6. The van der Waals surface area contributed by atoms with Crippen LogP contribution in [0.1, 0.15) is 35.5 Å². The Kier molecular flexibility index (Phi) is 7.51. The van der Waals surface area contributed by atoms with Gasteiger partial charge < -0.3 is 24.6 Å².